The lowest BCUT2D eigenvalue weighted by Gasteiger charge is -2.32. The van der Waals surface area contributed by atoms with Gasteiger partial charge in [-0.05, 0) is 43.4 Å². The van der Waals surface area contributed by atoms with Gasteiger partial charge in [-0.2, -0.15) is 5.10 Å². The second kappa shape index (κ2) is 7.31. The second-order valence-electron chi connectivity index (χ2n) is 6.03. The molecule has 3 rings (SSSR count). The van der Waals surface area contributed by atoms with Crippen LogP contribution >= 0.6 is 0 Å². The average Bonchev–Trinajstić information content (AvgIpc) is 3.02. The molecule has 2 aromatic rings. The number of aryl methyl sites for hydroxylation is 1. The SMILES string of the molecule is Cn1nccc1C(=O)N1CCC(CCOc2ccccc2)CC1. The molecule has 0 aliphatic carbocycles. The summed E-state index contributed by atoms with van der Waals surface area (Å²) in [5.41, 5.74) is 0.663. The van der Waals surface area contributed by atoms with E-state index in [1.807, 2.05) is 35.2 Å². The molecule has 0 radical (unpaired) electrons. The first-order valence-electron chi connectivity index (χ1n) is 8.19. The van der Waals surface area contributed by atoms with E-state index >= 15 is 0 Å². The molecule has 5 heteroatoms. The summed E-state index contributed by atoms with van der Waals surface area (Å²) >= 11 is 0. The maximum atomic E-state index is 12.4. The number of amides is 1. The Morgan fingerprint density at radius 1 is 1.22 bits per heavy atom. The molecule has 1 aromatic heterocycles. The molecule has 2 heterocycles. The fraction of sp³-hybridized carbons (Fsp3) is 0.444. The number of carbonyl (C=O) groups excluding carboxylic acids is 1. The van der Waals surface area contributed by atoms with Gasteiger partial charge in [0.2, 0.25) is 0 Å². The van der Waals surface area contributed by atoms with Crippen molar-refractivity contribution in [3.63, 3.8) is 0 Å². The zero-order valence-electron chi connectivity index (χ0n) is 13.5. The van der Waals surface area contributed by atoms with E-state index < -0.39 is 0 Å². The summed E-state index contributed by atoms with van der Waals surface area (Å²) in [4.78, 5) is 14.4. The lowest BCUT2D eigenvalue weighted by Crippen LogP contribution is -2.39. The number of carbonyl (C=O) groups is 1. The van der Waals surface area contributed by atoms with Gasteiger partial charge in [-0.1, -0.05) is 18.2 Å². The van der Waals surface area contributed by atoms with Crippen molar-refractivity contribution in [1.82, 2.24) is 14.7 Å². The molecule has 5 nitrogen and oxygen atoms in total. The van der Waals surface area contributed by atoms with Crippen LogP contribution in [0.25, 0.3) is 0 Å². The molecular formula is C18H23N3O2. The molecule has 1 aromatic carbocycles. The predicted molar refractivity (Wildman–Crippen MR) is 88.4 cm³/mol. The molecule has 1 amide bonds. The van der Waals surface area contributed by atoms with E-state index in [2.05, 4.69) is 5.10 Å². The van der Waals surface area contributed by atoms with Gasteiger partial charge in [-0.15, -0.1) is 0 Å². The monoisotopic (exact) mass is 313 g/mol. The van der Waals surface area contributed by atoms with Crippen molar-refractivity contribution in [2.75, 3.05) is 19.7 Å². The zero-order valence-corrected chi connectivity index (χ0v) is 13.5. The van der Waals surface area contributed by atoms with E-state index in [0.717, 1.165) is 44.7 Å². The van der Waals surface area contributed by atoms with E-state index in [0.29, 0.717) is 11.6 Å². The van der Waals surface area contributed by atoms with E-state index in [1.54, 1.807) is 24.0 Å². The number of hydrogen-bond donors (Lipinski definition) is 0. The number of ether oxygens (including phenoxy) is 1. The molecule has 122 valence electrons. The number of nitrogens with zero attached hydrogens (tertiary/aromatic N) is 3. The molecule has 23 heavy (non-hydrogen) atoms. The highest BCUT2D eigenvalue weighted by molar-refractivity contribution is 5.92. The first-order chi connectivity index (χ1) is 11.2. The molecule has 1 fully saturated rings. The fourth-order valence-corrected chi connectivity index (χ4v) is 3.03. The Balaban J connectivity index is 1.42. The Bertz CT molecular complexity index is 631. The molecule has 1 aliphatic heterocycles. The minimum Gasteiger partial charge on any atom is -0.494 e. The number of hydrogen-bond acceptors (Lipinski definition) is 3. The van der Waals surface area contributed by atoms with Crippen LogP contribution in [0, 0.1) is 5.92 Å². The van der Waals surface area contributed by atoms with Gasteiger partial charge >= 0.3 is 0 Å². The molecule has 0 bridgehead atoms. The van der Waals surface area contributed by atoms with Gasteiger partial charge < -0.3 is 9.64 Å². The standard InChI is InChI=1S/C18H23N3O2/c1-20-17(7-11-19-20)18(22)21-12-8-15(9-13-21)10-14-23-16-5-3-2-4-6-16/h2-7,11,15H,8-10,12-14H2,1H3. The molecule has 0 unspecified atom stereocenters. The summed E-state index contributed by atoms with van der Waals surface area (Å²) in [6, 6.07) is 11.7. The smallest absolute Gasteiger partial charge is 0.272 e. The lowest BCUT2D eigenvalue weighted by atomic mass is 9.94. The quantitative estimate of drug-likeness (QED) is 0.853. The molecular weight excluding hydrogens is 290 g/mol. The van der Waals surface area contributed by atoms with Crippen molar-refractivity contribution in [2.24, 2.45) is 13.0 Å². The Morgan fingerprint density at radius 3 is 2.61 bits per heavy atom. The van der Waals surface area contributed by atoms with Gasteiger partial charge in [0, 0.05) is 26.3 Å². The number of aromatic nitrogens is 2. The summed E-state index contributed by atoms with van der Waals surface area (Å²) in [7, 11) is 1.81. The van der Waals surface area contributed by atoms with Gasteiger partial charge in [0.05, 0.1) is 6.61 Å². The van der Waals surface area contributed by atoms with Crippen LogP contribution in [0.15, 0.2) is 42.6 Å². The third-order valence-corrected chi connectivity index (χ3v) is 4.48. The second-order valence-corrected chi connectivity index (χ2v) is 6.03. The van der Waals surface area contributed by atoms with Gasteiger partial charge in [0.25, 0.3) is 5.91 Å². The van der Waals surface area contributed by atoms with Crippen LogP contribution in [-0.2, 0) is 7.05 Å². The summed E-state index contributed by atoms with van der Waals surface area (Å²) in [5.74, 6) is 1.65. The van der Waals surface area contributed by atoms with E-state index in [-0.39, 0.29) is 5.91 Å². The maximum Gasteiger partial charge on any atom is 0.272 e. The van der Waals surface area contributed by atoms with Crippen LogP contribution in [0.3, 0.4) is 0 Å². The highest BCUT2D eigenvalue weighted by atomic mass is 16.5. The largest absolute Gasteiger partial charge is 0.494 e. The van der Waals surface area contributed by atoms with Crippen LogP contribution in [-0.4, -0.2) is 40.3 Å². The minimum absolute atomic E-state index is 0.0870. The van der Waals surface area contributed by atoms with Crippen molar-refractivity contribution in [2.45, 2.75) is 19.3 Å². The van der Waals surface area contributed by atoms with E-state index in [9.17, 15) is 4.79 Å². The van der Waals surface area contributed by atoms with Gasteiger partial charge in [-0.3, -0.25) is 9.48 Å². The van der Waals surface area contributed by atoms with Crippen LogP contribution in [0.1, 0.15) is 29.8 Å². The normalized spacial score (nSPS) is 15.6. The third-order valence-electron chi connectivity index (χ3n) is 4.48. The van der Waals surface area contributed by atoms with Crippen LogP contribution in [0.4, 0.5) is 0 Å². The summed E-state index contributed by atoms with van der Waals surface area (Å²) in [6.07, 6.45) is 4.80. The van der Waals surface area contributed by atoms with Crippen molar-refractivity contribution in [3.8, 4) is 5.75 Å². The third kappa shape index (κ3) is 3.92. The van der Waals surface area contributed by atoms with Crippen molar-refractivity contribution in [3.05, 3.63) is 48.3 Å². The van der Waals surface area contributed by atoms with Crippen molar-refractivity contribution >= 4 is 5.91 Å². The highest BCUT2D eigenvalue weighted by Gasteiger charge is 2.24. The predicted octanol–water partition coefficient (Wildman–Crippen LogP) is 2.74. The maximum absolute atomic E-state index is 12.4. The Labute approximate surface area is 136 Å². The number of para-hydroxylation sites is 1. The summed E-state index contributed by atoms with van der Waals surface area (Å²) in [6.45, 7) is 2.38. The van der Waals surface area contributed by atoms with Crippen LogP contribution < -0.4 is 4.74 Å². The minimum atomic E-state index is 0.0870. The molecule has 0 N–H and O–H groups in total. The first-order valence-corrected chi connectivity index (χ1v) is 8.19. The Morgan fingerprint density at radius 2 is 1.96 bits per heavy atom. The van der Waals surface area contributed by atoms with Crippen LogP contribution in [0.5, 0.6) is 5.75 Å². The van der Waals surface area contributed by atoms with Gasteiger partial charge in [0.15, 0.2) is 0 Å². The molecule has 0 spiro atoms. The molecule has 1 aliphatic rings. The molecule has 0 saturated carbocycles. The number of rotatable bonds is 5. The van der Waals surface area contributed by atoms with E-state index in [4.69, 9.17) is 4.74 Å². The van der Waals surface area contributed by atoms with Crippen molar-refractivity contribution in [1.29, 1.82) is 0 Å². The molecule has 0 atom stereocenters. The zero-order chi connectivity index (χ0) is 16.1. The number of piperidine rings is 1. The van der Waals surface area contributed by atoms with Gasteiger partial charge in [-0.25, -0.2) is 0 Å². The van der Waals surface area contributed by atoms with Crippen molar-refractivity contribution < 1.29 is 9.53 Å². The van der Waals surface area contributed by atoms with E-state index in [1.165, 1.54) is 0 Å². The number of benzene rings is 1. The molecule has 1 saturated heterocycles. The highest BCUT2D eigenvalue weighted by Crippen LogP contribution is 2.22. The fourth-order valence-electron chi connectivity index (χ4n) is 3.03. The Hall–Kier alpha value is -2.30. The lowest BCUT2D eigenvalue weighted by molar-refractivity contribution is 0.0669. The average molecular weight is 313 g/mol. The first kappa shape index (κ1) is 15.6. The number of likely N-dealkylation sites (tertiary alicyclic amines) is 1. The van der Waals surface area contributed by atoms with Gasteiger partial charge in [0.1, 0.15) is 11.4 Å². The summed E-state index contributed by atoms with van der Waals surface area (Å²) in [5, 5.41) is 4.07. The topological polar surface area (TPSA) is 47.4 Å². The van der Waals surface area contributed by atoms with Crippen LogP contribution in [0.2, 0.25) is 0 Å². The Kier molecular flexibility index (Phi) is 4.95. The summed E-state index contributed by atoms with van der Waals surface area (Å²) < 4.78 is 7.41.